The van der Waals surface area contributed by atoms with E-state index >= 15 is 0 Å². The van der Waals surface area contributed by atoms with E-state index in [1.54, 1.807) is 13.8 Å². The molecule has 0 fully saturated rings. The summed E-state index contributed by atoms with van der Waals surface area (Å²) in [6.07, 6.45) is 0. The molecule has 0 saturated carbocycles. The van der Waals surface area contributed by atoms with Crippen LogP contribution in [0.3, 0.4) is 0 Å². The van der Waals surface area contributed by atoms with Gasteiger partial charge in [-0.25, -0.2) is 0 Å². The monoisotopic (exact) mass is 335 g/mol. The first kappa shape index (κ1) is 20.0. The highest BCUT2D eigenvalue weighted by atomic mass is 16.5. The normalized spacial score (nSPS) is 12.2. The van der Waals surface area contributed by atoms with Crippen molar-refractivity contribution in [3.63, 3.8) is 0 Å². The molecular formula is C18H29N3O3. The van der Waals surface area contributed by atoms with Crippen LogP contribution in [0.1, 0.15) is 25.5 Å². The van der Waals surface area contributed by atoms with Crippen molar-refractivity contribution >= 4 is 17.6 Å². The van der Waals surface area contributed by atoms with Crippen LogP contribution in [0.25, 0.3) is 0 Å². The average Bonchev–Trinajstić information content (AvgIpc) is 2.52. The smallest absolute Gasteiger partial charge is 0.308 e. The van der Waals surface area contributed by atoms with Crippen LogP contribution >= 0.6 is 0 Å². The molecule has 0 radical (unpaired) electrons. The Bertz CT molecular complexity index is 539. The molecule has 6 heteroatoms. The molecule has 0 aliphatic carbocycles. The van der Waals surface area contributed by atoms with Crippen molar-refractivity contribution in [2.45, 2.75) is 19.9 Å². The Morgan fingerprint density at radius 3 is 2.12 bits per heavy atom. The van der Waals surface area contributed by atoms with Gasteiger partial charge in [-0.2, -0.15) is 0 Å². The maximum atomic E-state index is 11.9. The van der Waals surface area contributed by atoms with Crippen LogP contribution < -0.4 is 10.2 Å². The Labute approximate surface area is 144 Å². The molecule has 0 aliphatic rings. The van der Waals surface area contributed by atoms with Crippen LogP contribution in [0.2, 0.25) is 0 Å². The number of anilines is 1. The lowest BCUT2D eigenvalue weighted by Gasteiger charge is -2.25. The third-order valence-electron chi connectivity index (χ3n) is 3.73. The number of carbonyl (C=O) groups excluding carboxylic acids is 2. The van der Waals surface area contributed by atoms with Gasteiger partial charge in [0.2, 0.25) is 0 Å². The topological polar surface area (TPSA) is 61.9 Å². The van der Waals surface area contributed by atoms with Crippen LogP contribution in [0.4, 0.5) is 5.69 Å². The summed E-state index contributed by atoms with van der Waals surface area (Å²) in [6.45, 7) is 3.68. The van der Waals surface area contributed by atoms with Gasteiger partial charge < -0.3 is 19.9 Å². The minimum absolute atomic E-state index is 0.0472. The highest BCUT2D eigenvalue weighted by Crippen LogP contribution is 2.20. The lowest BCUT2D eigenvalue weighted by atomic mass is 10.1. The SMILES string of the molecule is CC(C)C(=O)OCC(=O)NC[C@@H](c1ccc(N(C)C)cc1)N(C)C. The summed E-state index contributed by atoms with van der Waals surface area (Å²) in [7, 11) is 7.93. The molecule has 0 heterocycles. The molecule has 0 unspecified atom stereocenters. The Balaban J connectivity index is 2.60. The zero-order valence-corrected chi connectivity index (χ0v) is 15.5. The van der Waals surface area contributed by atoms with Gasteiger partial charge >= 0.3 is 5.97 Å². The van der Waals surface area contributed by atoms with Crippen molar-refractivity contribution < 1.29 is 14.3 Å². The van der Waals surface area contributed by atoms with Crippen molar-refractivity contribution in [1.29, 1.82) is 0 Å². The van der Waals surface area contributed by atoms with Gasteiger partial charge in [0.25, 0.3) is 5.91 Å². The van der Waals surface area contributed by atoms with Crippen molar-refractivity contribution in [3.05, 3.63) is 29.8 Å². The Morgan fingerprint density at radius 1 is 1.08 bits per heavy atom. The van der Waals surface area contributed by atoms with Crippen molar-refractivity contribution in [1.82, 2.24) is 10.2 Å². The molecule has 0 aromatic heterocycles. The van der Waals surface area contributed by atoms with E-state index in [1.165, 1.54) is 0 Å². The fourth-order valence-electron chi connectivity index (χ4n) is 2.16. The van der Waals surface area contributed by atoms with E-state index in [0.29, 0.717) is 6.54 Å². The second-order valence-corrected chi connectivity index (χ2v) is 6.53. The predicted octanol–water partition coefficient (Wildman–Crippen LogP) is 1.67. The fraction of sp³-hybridized carbons (Fsp3) is 0.556. The van der Waals surface area contributed by atoms with Crippen LogP contribution in [0, 0.1) is 5.92 Å². The van der Waals surface area contributed by atoms with Gasteiger partial charge in [-0.15, -0.1) is 0 Å². The number of benzene rings is 1. The summed E-state index contributed by atoms with van der Waals surface area (Å²) in [5.41, 5.74) is 2.24. The number of hydrogen-bond acceptors (Lipinski definition) is 5. The number of amides is 1. The van der Waals surface area contributed by atoms with E-state index in [0.717, 1.165) is 11.3 Å². The summed E-state index contributed by atoms with van der Waals surface area (Å²) >= 11 is 0. The summed E-state index contributed by atoms with van der Waals surface area (Å²) in [5.74, 6) is -0.892. The first-order valence-corrected chi connectivity index (χ1v) is 8.09. The molecular weight excluding hydrogens is 306 g/mol. The molecule has 1 aromatic rings. The second kappa shape index (κ2) is 9.27. The molecule has 6 nitrogen and oxygen atoms in total. The number of nitrogens with zero attached hydrogens (tertiary/aromatic N) is 2. The molecule has 1 amide bonds. The van der Waals surface area contributed by atoms with Crippen LogP contribution in [-0.2, 0) is 14.3 Å². The summed E-state index contributed by atoms with van der Waals surface area (Å²) in [5, 5.41) is 2.83. The minimum atomic E-state index is -0.367. The third-order valence-corrected chi connectivity index (χ3v) is 3.73. The Hall–Kier alpha value is -2.08. The van der Waals surface area contributed by atoms with E-state index in [4.69, 9.17) is 4.74 Å². The maximum absolute atomic E-state index is 11.9. The van der Waals surface area contributed by atoms with E-state index in [-0.39, 0.29) is 30.4 Å². The zero-order chi connectivity index (χ0) is 18.3. The number of rotatable bonds is 8. The maximum Gasteiger partial charge on any atom is 0.308 e. The largest absolute Gasteiger partial charge is 0.455 e. The molecule has 1 aromatic carbocycles. The van der Waals surface area contributed by atoms with Crippen molar-refractivity contribution in [2.24, 2.45) is 5.92 Å². The number of ether oxygens (including phenoxy) is 1. The Kier molecular flexibility index (Phi) is 7.71. The molecule has 1 atom stereocenters. The van der Waals surface area contributed by atoms with Gasteiger partial charge in [0.15, 0.2) is 6.61 Å². The van der Waals surface area contributed by atoms with Gasteiger partial charge in [-0.1, -0.05) is 26.0 Å². The highest BCUT2D eigenvalue weighted by molar-refractivity contribution is 5.81. The fourth-order valence-corrected chi connectivity index (χ4v) is 2.16. The predicted molar refractivity (Wildman–Crippen MR) is 96.0 cm³/mol. The molecule has 1 N–H and O–H groups in total. The van der Waals surface area contributed by atoms with Crippen LogP contribution in [-0.4, -0.2) is 58.1 Å². The van der Waals surface area contributed by atoms with Gasteiger partial charge in [-0.3, -0.25) is 9.59 Å². The van der Waals surface area contributed by atoms with Crippen molar-refractivity contribution in [2.75, 3.05) is 46.2 Å². The van der Waals surface area contributed by atoms with Crippen LogP contribution in [0.15, 0.2) is 24.3 Å². The first-order valence-electron chi connectivity index (χ1n) is 8.09. The van der Waals surface area contributed by atoms with Gasteiger partial charge in [0, 0.05) is 26.3 Å². The number of likely N-dealkylation sites (N-methyl/N-ethyl adjacent to an activating group) is 1. The minimum Gasteiger partial charge on any atom is -0.455 e. The van der Waals surface area contributed by atoms with E-state index < -0.39 is 0 Å². The highest BCUT2D eigenvalue weighted by Gasteiger charge is 2.16. The quantitative estimate of drug-likeness (QED) is 0.732. The van der Waals surface area contributed by atoms with Gasteiger partial charge in [-0.05, 0) is 31.8 Å². The Morgan fingerprint density at radius 2 is 1.67 bits per heavy atom. The average molecular weight is 335 g/mol. The van der Waals surface area contributed by atoms with Crippen LogP contribution in [0.5, 0.6) is 0 Å². The van der Waals surface area contributed by atoms with E-state index in [9.17, 15) is 9.59 Å². The number of nitrogens with one attached hydrogen (secondary N) is 1. The number of hydrogen-bond donors (Lipinski definition) is 1. The summed E-state index contributed by atoms with van der Waals surface area (Å²) in [4.78, 5) is 27.3. The van der Waals surface area contributed by atoms with E-state index in [1.807, 2.05) is 38.0 Å². The standard InChI is InChI=1S/C18H29N3O3/c1-13(2)18(23)24-12-17(22)19-11-16(21(5)6)14-7-9-15(10-8-14)20(3)4/h7-10,13,16H,11-12H2,1-6H3,(H,19,22)/t16-/m0/s1. The molecule has 1 rings (SSSR count). The van der Waals surface area contributed by atoms with E-state index in [2.05, 4.69) is 29.6 Å². The second-order valence-electron chi connectivity index (χ2n) is 6.53. The molecule has 0 spiro atoms. The summed E-state index contributed by atoms with van der Waals surface area (Å²) in [6, 6.07) is 8.28. The lowest BCUT2D eigenvalue weighted by Crippen LogP contribution is -2.37. The molecule has 134 valence electrons. The number of esters is 1. The molecule has 0 saturated heterocycles. The molecule has 0 aliphatic heterocycles. The third kappa shape index (κ3) is 6.20. The van der Waals surface area contributed by atoms with Gasteiger partial charge in [0.1, 0.15) is 0 Å². The van der Waals surface area contributed by atoms with Gasteiger partial charge in [0.05, 0.1) is 12.0 Å². The lowest BCUT2D eigenvalue weighted by molar-refractivity contribution is -0.151. The summed E-state index contributed by atoms with van der Waals surface area (Å²) < 4.78 is 4.94. The number of carbonyl (C=O) groups is 2. The molecule has 24 heavy (non-hydrogen) atoms. The molecule has 0 bridgehead atoms. The first-order chi connectivity index (χ1) is 11.2. The zero-order valence-electron chi connectivity index (χ0n) is 15.5. The van der Waals surface area contributed by atoms with Crippen molar-refractivity contribution in [3.8, 4) is 0 Å².